The van der Waals surface area contributed by atoms with Gasteiger partial charge in [-0.15, -0.1) is 0 Å². The Balaban J connectivity index is 1.55. The molecule has 0 fully saturated rings. The number of hydrogen-bond acceptors (Lipinski definition) is 3. The molecule has 0 aliphatic heterocycles. The highest BCUT2D eigenvalue weighted by Gasteiger charge is 1.96. The van der Waals surface area contributed by atoms with E-state index in [1.54, 1.807) is 0 Å². The molecule has 4 rings (SSSR count). The molecule has 3 aromatic carbocycles. The van der Waals surface area contributed by atoms with Crippen molar-refractivity contribution in [3.05, 3.63) is 84.4 Å². The average Bonchev–Trinajstić information content (AvgIpc) is 2.61. The topological polar surface area (TPSA) is 37.3 Å². The van der Waals surface area contributed by atoms with Gasteiger partial charge in [0.05, 0.1) is 11.7 Å². The molecule has 23 heavy (non-hydrogen) atoms. The molecule has 0 bridgehead atoms. The van der Waals surface area contributed by atoms with Gasteiger partial charge in [-0.3, -0.25) is 5.43 Å². The van der Waals surface area contributed by atoms with Crippen molar-refractivity contribution in [2.24, 2.45) is 5.10 Å². The van der Waals surface area contributed by atoms with Gasteiger partial charge in [0.1, 0.15) is 5.82 Å². The Labute approximate surface area is 134 Å². The maximum atomic E-state index is 4.53. The van der Waals surface area contributed by atoms with Crippen LogP contribution in [0.1, 0.15) is 5.56 Å². The van der Waals surface area contributed by atoms with Gasteiger partial charge in [0.2, 0.25) is 0 Å². The molecular formula is C20H15N3. The third kappa shape index (κ3) is 2.90. The molecule has 0 saturated heterocycles. The number of hydrazone groups is 1. The number of rotatable bonds is 3. The minimum absolute atomic E-state index is 0.737. The predicted molar refractivity (Wildman–Crippen MR) is 96.9 cm³/mol. The monoisotopic (exact) mass is 297 g/mol. The molecule has 0 aliphatic carbocycles. The number of aromatic nitrogens is 1. The van der Waals surface area contributed by atoms with E-state index in [2.05, 4.69) is 45.8 Å². The summed E-state index contributed by atoms with van der Waals surface area (Å²) < 4.78 is 0. The Kier molecular flexibility index (Phi) is 3.45. The first-order chi connectivity index (χ1) is 11.4. The number of fused-ring (bicyclic) bond motifs is 2. The van der Waals surface area contributed by atoms with Crippen LogP contribution in [0.5, 0.6) is 0 Å². The van der Waals surface area contributed by atoms with E-state index in [9.17, 15) is 0 Å². The quantitative estimate of drug-likeness (QED) is 0.434. The normalized spacial score (nSPS) is 11.3. The molecule has 0 amide bonds. The van der Waals surface area contributed by atoms with Gasteiger partial charge in [0, 0.05) is 5.39 Å². The van der Waals surface area contributed by atoms with Crippen LogP contribution in [-0.4, -0.2) is 11.2 Å². The van der Waals surface area contributed by atoms with Gasteiger partial charge in [-0.05, 0) is 40.6 Å². The lowest BCUT2D eigenvalue weighted by atomic mass is 10.1. The van der Waals surface area contributed by atoms with Crippen molar-refractivity contribution < 1.29 is 0 Å². The molecule has 0 saturated carbocycles. The summed E-state index contributed by atoms with van der Waals surface area (Å²) in [5.74, 6) is 0.737. The summed E-state index contributed by atoms with van der Waals surface area (Å²) in [7, 11) is 0. The van der Waals surface area contributed by atoms with Crippen LogP contribution in [0, 0.1) is 0 Å². The zero-order valence-electron chi connectivity index (χ0n) is 12.5. The average molecular weight is 297 g/mol. The Hall–Kier alpha value is -3.20. The van der Waals surface area contributed by atoms with Crippen LogP contribution in [0.25, 0.3) is 21.7 Å². The Bertz CT molecular complexity index is 1010. The first kappa shape index (κ1) is 13.5. The Morgan fingerprint density at radius 3 is 2.39 bits per heavy atom. The van der Waals surface area contributed by atoms with Gasteiger partial charge < -0.3 is 0 Å². The summed E-state index contributed by atoms with van der Waals surface area (Å²) in [5, 5.41) is 7.85. The highest BCUT2D eigenvalue weighted by molar-refractivity contribution is 5.90. The highest BCUT2D eigenvalue weighted by atomic mass is 15.3. The van der Waals surface area contributed by atoms with E-state index in [0.29, 0.717) is 0 Å². The van der Waals surface area contributed by atoms with Gasteiger partial charge in [-0.2, -0.15) is 5.10 Å². The zero-order chi connectivity index (χ0) is 15.5. The van der Waals surface area contributed by atoms with Crippen molar-refractivity contribution in [1.29, 1.82) is 0 Å². The van der Waals surface area contributed by atoms with E-state index >= 15 is 0 Å². The van der Waals surface area contributed by atoms with Gasteiger partial charge in [0.15, 0.2) is 0 Å². The lowest BCUT2D eigenvalue weighted by molar-refractivity contribution is 1.26. The molecule has 110 valence electrons. The second kappa shape index (κ2) is 5.89. The molecule has 3 nitrogen and oxygen atoms in total. The highest BCUT2D eigenvalue weighted by Crippen LogP contribution is 2.16. The molecule has 0 radical (unpaired) electrons. The van der Waals surface area contributed by atoms with Crippen molar-refractivity contribution in [3.8, 4) is 0 Å². The van der Waals surface area contributed by atoms with E-state index in [0.717, 1.165) is 22.3 Å². The van der Waals surface area contributed by atoms with Crippen molar-refractivity contribution in [3.63, 3.8) is 0 Å². The number of hydrogen-bond donors (Lipinski definition) is 1. The third-order valence-corrected chi connectivity index (χ3v) is 3.76. The van der Waals surface area contributed by atoms with Crippen molar-refractivity contribution in [1.82, 2.24) is 4.98 Å². The summed E-state index contributed by atoms with van der Waals surface area (Å²) in [4.78, 5) is 4.53. The maximum Gasteiger partial charge on any atom is 0.146 e. The molecule has 1 N–H and O–H groups in total. The fraction of sp³-hybridized carbons (Fsp3) is 0. The largest absolute Gasteiger partial charge is 0.261 e. The van der Waals surface area contributed by atoms with E-state index < -0.39 is 0 Å². The molecule has 4 aromatic rings. The molecule has 0 unspecified atom stereocenters. The van der Waals surface area contributed by atoms with Crippen LogP contribution >= 0.6 is 0 Å². The van der Waals surface area contributed by atoms with E-state index in [-0.39, 0.29) is 0 Å². The molecule has 0 spiro atoms. The third-order valence-electron chi connectivity index (χ3n) is 3.76. The molecule has 1 aromatic heterocycles. The van der Waals surface area contributed by atoms with Crippen LogP contribution in [0.4, 0.5) is 5.82 Å². The van der Waals surface area contributed by atoms with Crippen molar-refractivity contribution in [2.75, 3.05) is 5.43 Å². The first-order valence-electron chi connectivity index (χ1n) is 7.52. The van der Waals surface area contributed by atoms with Crippen LogP contribution in [0.15, 0.2) is 84.0 Å². The smallest absolute Gasteiger partial charge is 0.146 e. The second-order valence-electron chi connectivity index (χ2n) is 5.37. The van der Waals surface area contributed by atoms with Crippen LogP contribution < -0.4 is 5.43 Å². The zero-order valence-corrected chi connectivity index (χ0v) is 12.5. The SMILES string of the molecule is C(=N\Nc1ccc2ccccc2n1)/c1ccc2ccccc2c1. The number of benzene rings is 3. The van der Waals surface area contributed by atoms with Crippen molar-refractivity contribution in [2.45, 2.75) is 0 Å². The summed E-state index contributed by atoms with van der Waals surface area (Å²) in [6.45, 7) is 0. The van der Waals surface area contributed by atoms with Gasteiger partial charge in [-0.25, -0.2) is 4.98 Å². The number of nitrogens with zero attached hydrogens (tertiary/aromatic N) is 2. The molecule has 3 heteroatoms. The van der Waals surface area contributed by atoms with Crippen molar-refractivity contribution >= 4 is 33.7 Å². The molecule has 1 heterocycles. The van der Waals surface area contributed by atoms with Gasteiger partial charge >= 0.3 is 0 Å². The van der Waals surface area contributed by atoms with E-state index in [4.69, 9.17) is 0 Å². The lowest BCUT2D eigenvalue weighted by Gasteiger charge is -2.02. The predicted octanol–water partition coefficient (Wildman–Crippen LogP) is 4.83. The minimum atomic E-state index is 0.737. The maximum absolute atomic E-state index is 4.53. The minimum Gasteiger partial charge on any atom is -0.261 e. The summed E-state index contributed by atoms with van der Waals surface area (Å²) >= 11 is 0. The Morgan fingerprint density at radius 2 is 1.48 bits per heavy atom. The van der Waals surface area contributed by atoms with Crippen LogP contribution in [0.3, 0.4) is 0 Å². The first-order valence-corrected chi connectivity index (χ1v) is 7.52. The van der Waals surface area contributed by atoms with E-state index in [1.165, 1.54) is 10.8 Å². The summed E-state index contributed by atoms with van der Waals surface area (Å²) in [6.07, 6.45) is 1.81. The van der Waals surface area contributed by atoms with Crippen LogP contribution in [-0.2, 0) is 0 Å². The number of para-hydroxylation sites is 1. The standard InChI is InChI=1S/C20H15N3/c1-2-7-18-13-15(9-10-16(18)5-1)14-21-23-20-12-11-17-6-3-4-8-19(17)22-20/h1-14H,(H,22,23)/b21-14+. The summed E-state index contributed by atoms with van der Waals surface area (Å²) in [6, 6.07) is 26.6. The van der Waals surface area contributed by atoms with Gasteiger partial charge in [-0.1, -0.05) is 54.6 Å². The number of nitrogens with one attached hydrogen (secondary N) is 1. The molecule has 0 atom stereocenters. The van der Waals surface area contributed by atoms with Crippen LogP contribution in [0.2, 0.25) is 0 Å². The van der Waals surface area contributed by atoms with Gasteiger partial charge in [0.25, 0.3) is 0 Å². The summed E-state index contributed by atoms with van der Waals surface area (Å²) in [5.41, 5.74) is 5.00. The number of anilines is 1. The second-order valence-corrected chi connectivity index (χ2v) is 5.37. The molecule has 0 aliphatic rings. The fourth-order valence-electron chi connectivity index (χ4n) is 2.59. The molecular weight excluding hydrogens is 282 g/mol. The fourth-order valence-corrected chi connectivity index (χ4v) is 2.59. The number of pyridine rings is 1. The Morgan fingerprint density at radius 1 is 0.739 bits per heavy atom. The lowest BCUT2D eigenvalue weighted by Crippen LogP contribution is -1.93. The van der Waals surface area contributed by atoms with E-state index in [1.807, 2.05) is 54.7 Å².